The zero-order valence-corrected chi connectivity index (χ0v) is 32.7. The fourth-order valence-corrected chi connectivity index (χ4v) is 8.59. The molecule has 0 unspecified atom stereocenters. The Morgan fingerprint density at radius 3 is 1.47 bits per heavy atom. The fourth-order valence-electron chi connectivity index (χ4n) is 8.59. The second-order valence-electron chi connectivity index (χ2n) is 14.9. The number of anilines is 1. The summed E-state index contributed by atoms with van der Waals surface area (Å²) in [6, 6.07) is 56.7. The predicted molar refractivity (Wildman–Crippen MR) is 242 cm³/mol. The van der Waals surface area contributed by atoms with E-state index in [1.807, 2.05) is 126 Å². The van der Waals surface area contributed by atoms with Crippen molar-refractivity contribution in [2.24, 2.45) is 0 Å². The SMILES string of the molecule is [C-]#[N+]c1cc([N+]#[C-])cc(-c2ccc3c4ccc(-c5cc(C#N)cc(C#N)c5)cc4n(-c4cccc5c4C(=O)N(c4c(-c6ccccc6)cccc4-c4ccccc4)C5=O)c3c2)c1. The van der Waals surface area contributed by atoms with Gasteiger partial charge in [0.15, 0.2) is 11.4 Å². The zero-order valence-electron chi connectivity index (χ0n) is 32.7. The Morgan fingerprint density at radius 1 is 0.452 bits per heavy atom. The molecular weight excluding hydrogens is 765 g/mol. The Morgan fingerprint density at radius 2 is 0.952 bits per heavy atom. The zero-order chi connectivity index (χ0) is 42.5. The third kappa shape index (κ3) is 5.97. The largest absolute Gasteiger partial charge is 0.308 e. The van der Waals surface area contributed by atoms with Crippen molar-refractivity contribution >= 4 is 50.7 Å². The first-order valence-corrected chi connectivity index (χ1v) is 19.6. The minimum absolute atomic E-state index is 0.234. The molecule has 0 saturated heterocycles. The minimum Gasteiger partial charge on any atom is -0.308 e. The van der Waals surface area contributed by atoms with Crippen LogP contribution < -0.4 is 4.90 Å². The van der Waals surface area contributed by atoms with Crippen molar-refractivity contribution < 1.29 is 9.59 Å². The summed E-state index contributed by atoms with van der Waals surface area (Å²) in [4.78, 5) is 38.9. The predicted octanol–water partition coefficient (Wildman–Crippen LogP) is 13.1. The van der Waals surface area contributed by atoms with Gasteiger partial charge in [0.2, 0.25) is 0 Å². The molecule has 2 amide bonds. The summed E-state index contributed by atoms with van der Waals surface area (Å²) in [6.45, 7) is 15.4. The molecule has 0 bridgehead atoms. The normalized spacial score (nSPS) is 11.8. The van der Waals surface area contributed by atoms with Gasteiger partial charge in [0.1, 0.15) is 0 Å². The lowest BCUT2D eigenvalue weighted by Crippen LogP contribution is -2.30. The van der Waals surface area contributed by atoms with Crippen LogP contribution in [0.5, 0.6) is 0 Å². The molecule has 62 heavy (non-hydrogen) atoms. The van der Waals surface area contributed by atoms with Gasteiger partial charge >= 0.3 is 0 Å². The molecule has 0 spiro atoms. The molecule has 2 heterocycles. The lowest BCUT2D eigenvalue weighted by Gasteiger charge is -2.23. The lowest BCUT2D eigenvalue weighted by molar-refractivity contribution is 0.0926. The van der Waals surface area contributed by atoms with Crippen molar-refractivity contribution in [3.8, 4) is 62.3 Å². The highest BCUT2D eigenvalue weighted by atomic mass is 16.2. The van der Waals surface area contributed by atoms with Crippen LogP contribution in [0.3, 0.4) is 0 Å². The summed E-state index contributed by atoms with van der Waals surface area (Å²) in [6.07, 6.45) is 0. The van der Waals surface area contributed by atoms with Crippen LogP contribution in [0.4, 0.5) is 17.1 Å². The fraction of sp³-hybridized carbons (Fsp3) is 0. The first kappa shape index (κ1) is 37.0. The van der Waals surface area contributed by atoms with Crippen molar-refractivity contribution in [3.63, 3.8) is 0 Å². The number of benzene rings is 8. The molecule has 0 saturated carbocycles. The summed E-state index contributed by atoms with van der Waals surface area (Å²) in [5.41, 5.74) is 10.3. The third-order valence-electron chi connectivity index (χ3n) is 11.3. The standard InChI is InChI=1S/C54H28N6O2/c1-57-41-26-40(27-42(30-41)58-2)38-20-22-46-45-21-19-37(39-24-33(31-55)23-34(25-39)32-56)28-49(45)59(50(46)29-38)48-18-10-17-47-51(48)54(62)60(53(47)61)52-43(35-11-5-3-6-12-35)15-9-16-44(52)36-13-7-4-8-14-36/h3-30H. The average Bonchev–Trinajstić information content (AvgIpc) is 3.80. The van der Waals surface area contributed by atoms with Crippen LogP contribution in [0.25, 0.3) is 81.7 Å². The molecule has 0 fully saturated rings. The average molecular weight is 793 g/mol. The first-order chi connectivity index (χ1) is 30.4. The molecule has 0 aliphatic carbocycles. The van der Waals surface area contributed by atoms with Crippen LogP contribution >= 0.6 is 0 Å². The molecular formula is C54H28N6O2. The van der Waals surface area contributed by atoms with Crippen LogP contribution in [0, 0.1) is 35.8 Å². The van der Waals surface area contributed by atoms with Crippen LogP contribution in [0.2, 0.25) is 0 Å². The molecule has 8 aromatic carbocycles. The van der Waals surface area contributed by atoms with Gasteiger partial charge in [-0.15, -0.1) is 0 Å². The molecule has 9 aromatic rings. The van der Waals surface area contributed by atoms with Gasteiger partial charge in [-0.25, -0.2) is 14.6 Å². The summed E-state index contributed by atoms with van der Waals surface area (Å²) < 4.78 is 1.99. The topological polar surface area (TPSA) is 98.6 Å². The number of aromatic nitrogens is 1. The second-order valence-corrected chi connectivity index (χ2v) is 14.9. The molecule has 0 radical (unpaired) electrons. The van der Waals surface area contributed by atoms with Crippen molar-refractivity contribution in [3.05, 3.63) is 215 Å². The Kier molecular flexibility index (Phi) is 8.82. The van der Waals surface area contributed by atoms with E-state index in [1.165, 1.54) is 4.90 Å². The van der Waals surface area contributed by atoms with Gasteiger partial charge in [0.05, 0.1) is 69.9 Å². The molecule has 1 aliphatic heterocycles. The van der Waals surface area contributed by atoms with E-state index < -0.39 is 11.8 Å². The van der Waals surface area contributed by atoms with Crippen molar-refractivity contribution in [1.82, 2.24) is 4.57 Å². The molecule has 0 N–H and O–H groups in total. The van der Waals surface area contributed by atoms with E-state index in [0.29, 0.717) is 50.5 Å². The van der Waals surface area contributed by atoms with E-state index in [9.17, 15) is 15.3 Å². The third-order valence-corrected chi connectivity index (χ3v) is 11.3. The highest BCUT2D eigenvalue weighted by molar-refractivity contribution is 6.37. The summed E-state index contributed by atoms with van der Waals surface area (Å²) >= 11 is 0. The van der Waals surface area contributed by atoms with E-state index in [4.69, 9.17) is 13.1 Å². The molecule has 8 heteroatoms. The summed E-state index contributed by atoms with van der Waals surface area (Å²) in [7, 11) is 0. The quantitative estimate of drug-likeness (QED) is 0.124. The molecule has 10 rings (SSSR count). The van der Waals surface area contributed by atoms with Gasteiger partial charge in [-0.3, -0.25) is 9.59 Å². The highest BCUT2D eigenvalue weighted by Crippen LogP contribution is 2.45. The van der Waals surface area contributed by atoms with Crippen LogP contribution in [0.15, 0.2) is 170 Å². The monoisotopic (exact) mass is 792 g/mol. The molecule has 286 valence electrons. The van der Waals surface area contributed by atoms with Gasteiger partial charge in [0.25, 0.3) is 11.8 Å². The number of nitriles is 2. The number of hydrogen-bond acceptors (Lipinski definition) is 4. The number of nitrogens with zero attached hydrogens (tertiary/aromatic N) is 6. The van der Waals surface area contributed by atoms with E-state index in [-0.39, 0.29) is 11.1 Å². The number of carbonyl (C=O) groups excluding carboxylic acids is 2. The van der Waals surface area contributed by atoms with E-state index in [2.05, 4.69) is 21.8 Å². The molecule has 8 nitrogen and oxygen atoms in total. The Hall–Kier alpha value is -9.34. The van der Waals surface area contributed by atoms with Crippen molar-refractivity contribution in [2.45, 2.75) is 0 Å². The number of para-hydroxylation sites is 1. The summed E-state index contributed by atoms with van der Waals surface area (Å²) in [5.74, 6) is -0.926. The van der Waals surface area contributed by atoms with E-state index in [0.717, 1.165) is 49.7 Å². The number of carbonyl (C=O) groups is 2. The Bertz CT molecular complexity index is 3300. The molecule has 1 aliphatic rings. The Labute approximate surface area is 356 Å². The molecule has 0 atom stereocenters. The smallest absolute Gasteiger partial charge is 0.268 e. The summed E-state index contributed by atoms with van der Waals surface area (Å²) in [5, 5.41) is 21.4. The number of hydrogen-bond donors (Lipinski definition) is 0. The maximum atomic E-state index is 15.4. The van der Waals surface area contributed by atoms with Gasteiger partial charge in [-0.05, 0) is 75.8 Å². The number of amides is 2. The van der Waals surface area contributed by atoms with Crippen molar-refractivity contribution in [1.29, 1.82) is 10.5 Å². The van der Waals surface area contributed by atoms with Crippen LogP contribution in [0.1, 0.15) is 31.8 Å². The number of fused-ring (bicyclic) bond motifs is 4. The van der Waals surface area contributed by atoms with Gasteiger partial charge in [-0.1, -0.05) is 127 Å². The highest BCUT2D eigenvalue weighted by Gasteiger charge is 2.41. The van der Waals surface area contributed by atoms with E-state index in [1.54, 1.807) is 48.5 Å². The Balaban J connectivity index is 1.24. The van der Waals surface area contributed by atoms with Gasteiger partial charge in [0, 0.05) is 21.9 Å². The van der Waals surface area contributed by atoms with E-state index >= 15 is 4.79 Å². The van der Waals surface area contributed by atoms with Gasteiger partial charge < -0.3 is 4.57 Å². The van der Waals surface area contributed by atoms with Crippen LogP contribution in [-0.2, 0) is 0 Å². The van der Waals surface area contributed by atoms with Gasteiger partial charge in [-0.2, -0.15) is 10.5 Å². The minimum atomic E-state index is -0.477. The van der Waals surface area contributed by atoms with Crippen molar-refractivity contribution in [2.75, 3.05) is 4.90 Å². The molecule has 1 aromatic heterocycles. The lowest BCUT2D eigenvalue weighted by atomic mass is 9.95. The maximum Gasteiger partial charge on any atom is 0.268 e. The second kappa shape index (κ2) is 14.8. The maximum absolute atomic E-state index is 15.4. The van der Waals surface area contributed by atoms with Crippen LogP contribution in [-0.4, -0.2) is 16.4 Å². The first-order valence-electron chi connectivity index (χ1n) is 19.6. The number of imide groups is 1. The number of rotatable bonds is 6.